The van der Waals surface area contributed by atoms with Gasteiger partial charge in [-0.1, -0.05) is 51.8 Å². The van der Waals surface area contributed by atoms with Gasteiger partial charge in [-0.2, -0.15) is 0 Å². The molecule has 1 rings (SSSR count). The van der Waals surface area contributed by atoms with Crippen molar-refractivity contribution in [2.75, 3.05) is 6.79 Å². The zero-order valence-electron chi connectivity index (χ0n) is 13.2. The predicted molar refractivity (Wildman–Crippen MR) is 86.2 cm³/mol. The SMILES string of the molecule is C=C/C(CC1CCC1)=C(OCOP(O)O)\C(=C/C)C(C)C. The number of hydrogen-bond donors (Lipinski definition) is 2. The second-order valence-corrected chi connectivity index (χ2v) is 6.37. The number of hydrogen-bond acceptors (Lipinski definition) is 4. The zero-order chi connectivity index (χ0) is 15.8. The maximum absolute atomic E-state index is 8.83. The van der Waals surface area contributed by atoms with Gasteiger partial charge in [-0.25, -0.2) is 0 Å². The van der Waals surface area contributed by atoms with Crippen molar-refractivity contribution in [1.82, 2.24) is 0 Å². The molecule has 0 bridgehead atoms. The minimum absolute atomic E-state index is 0.167. The van der Waals surface area contributed by atoms with Gasteiger partial charge in [0.05, 0.1) is 0 Å². The van der Waals surface area contributed by atoms with Crippen LogP contribution in [0, 0.1) is 11.8 Å². The lowest BCUT2D eigenvalue weighted by Gasteiger charge is -2.27. The summed E-state index contributed by atoms with van der Waals surface area (Å²) in [6, 6.07) is 0. The summed E-state index contributed by atoms with van der Waals surface area (Å²) in [5.41, 5.74) is 2.17. The Bertz CT molecular complexity index is 395. The quantitative estimate of drug-likeness (QED) is 0.286. The minimum Gasteiger partial charge on any atom is -0.467 e. The predicted octanol–water partition coefficient (Wildman–Crippen LogP) is 4.42. The molecule has 2 N–H and O–H groups in total. The third-order valence-electron chi connectivity index (χ3n) is 3.84. The molecule has 0 radical (unpaired) electrons. The molecule has 0 saturated heterocycles. The molecule has 0 aromatic rings. The first-order valence-electron chi connectivity index (χ1n) is 7.45. The molecule has 0 aromatic heterocycles. The highest BCUT2D eigenvalue weighted by Crippen LogP contribution is 2.36. The molecule has 0 aromatic carbocycles. The molecular formula is C16H27O4P. The molecule has 0 atom stereocenters. The standard InChI is InChI=1S/C16H27O4P/c1-5-14(10-13-8-7-9-13)16(15(6-2)12(3)4)19-11-20-21(17)18/h5-6,12-13,17-18H,1,7-11H2,2-4H3/b15-6-,16-14-. The monoisotopic (exact) mass is 314 g/mol. The van der Waals surface area contributed by atoms with E-state index in [9.17, 15) is 0 Å². The van der Waals surface area contributed by atoms with Crippen molar-refractivity contribution in [3.63, 3.8) is 0 Å². The molecule has 1 fully saturated rings. The molecule has 1 saturated carbocycles. The third-order valence-corrected chi connectivity index (χ3v) is 4.17. The summed E-state index contributed by atoms with van der Waals surface area (Å²) in [7, 11) is -2.40. The van der Waals surface area contributed by atoms with Gasteiger partial charge in [0.15, 0.2) is 6.79 Å². The van der Waals surface area contributed by atoms with Gasteiger partial charge in [0, 0.05) is 0 Å². The first-order valence-corrected chi connectivity index (χ1v) is 8.61. The summed E-state index contributed by atoms with van der Waals surface area (Å²) in [5.74, 6) is 1.79. The van der Waals surface area contributed by atoms with Crippen molar-refractivity contribution in [2.24, 2.45) is 11.8 Å². The van der Waals surface area contributed by atoms with Crippen molar-refractivity contribution in [2.45, 2.75) is 46.5 Å². The fourth-order valence-electron chi connectivity index (χ4n) is 2.50. The molecule has 1 aliphatic carbocycles. The van der Waals surface area contributed by atoms with Gasteiger partial charge in [-0.3, -0.25) is 4.52 Å². The van der Waals surface area contributed by atoms with Crippen LogP contribution in [0.15, 0.2) is 35.6 Å². The number of rotatable bonds is 9. The van der Waals surface area contributed by atoms with Gasteiger partial charge < -0.3 is 14.5 Å². The number of ether oxygens (including phenoxy) is 1. The van der Waals surface area contributed by atoms with Crippen molar-refractivity contribution in [3.05, 3.63) is 35.6 Å². The van der Waals surface area contributed by atoms with Gasteiger partial charge in [0.1, 0.15) is 5.76 Å². The Morgan fingerprint density at radius 3 is 2.43 bits per heavy atom. The van der Waals surface area contributed by atoms with Gasteiger partial charge in [-0.05, 0) is 36.3 Å². The topological polar surface area (TPSA) is 58.9 Å². The van der Waals surface area contributed by atoms with Crippen LogP contribution in [-0.2, 0) is 9.26 Å². The van der Waals surface area contributed by atoms with E-state index in [1.807, 2.05) is 19.1 Å². The average Bonchev–Trinajstić information content (AvgIpc) is 2.36. The lowest BCUT2D eigenvalue weighted by Crippen LogP contribution is -2.14. The van der Waals surface area contributed by atoms with E-state index in [1.54, 1.807) is 0 Å². The van der Waals surface area contributed by atoms with Crippen LogP contribution in [0.5, 0.6) is 0 Å². The fraction of sp³-hybridized carbons (Fsp3) is 0.625. The molecule has 5 heteroatoms. The second kappa shape index (κ2) is 9.37. The highest BCUT2D eigenvalue weighted by atomic mass is 31.2. The van der Waals surface area contributed by atoms with E-state index >= 15 is 0 Å². The first-order chi connectivity index (χ1) is 9.99. The van der Waals surface area contributed by atoms with Crippen molar-refractivity contribution in [3.8, 4) is 0 Å². The van der Waals surface area contributed by atoms with E-state index in [1.165, 1.54) is 19.3 Å². The summed E-state index contributed by atoms with van der Waals surface area (Å²) in [4.78, 5) is 17.7. The summed E-state index contributed by atoms with van der Waals surface area (Å²) >= 11 is 0. The van der Waals surface area contributed by atoms with E-state index in [0.29, 0.717) is 11.8 Å². The third kappa shape index (κ3) is 5.91. The molecule has 0 unspecified atom stereocenters. The van der Waals surface area contributed by atoms with E-state index in [0.717, 1.165) is 23.3 Å². The van der Waals surface area contributed by atoms with Gasteiger partial charge in [-0.15, -0.1) is 0 Å². The zero-order valence-corrected chi connectivity index (χ0v) is 14.1. The molecule has 120 valence electrons. The number of allylic oxidation sites excluding steroid dienone is 4. The highest BCUT2D eigenvalue weighted by molar-refractivity contribution is 7.39. The van der Waals surface area contributed by atoms with Crippen LogP contribution >= 0.6 is 8.60 Å². The maximum atomic E-state index is 8.83. The smallest absolute Gasteiger partial charge is 0.330 e. The largest absolute Gasteiger partial charge is 0.467 e. The van der Waals surface area contributed by atoms with Crippen LogP contribution in [0.1, 0.15) is 46.5 Å². The molecule has 0 heterocycles. The van der Waals surface area contributed by atoms with Gasteiger partial charge in [0.2, 0.25) is 0 Å². The minimum atomic E-state index is -2.40. The van der Waals surface area contributed by atoms with Crippen LogP contribution in [0.3, 0.4) is 0 Å². The fourth-order valence-corrected chi connectivity index (χ4v) is 2.64. The summed E-state index contributed by atoms with van der Waals surface area (Å²) in [6.07, 6.45) is 8.65. The molecule has 0 spiro atoms. The van der Waals surface area contributed by atoms with Crippen LogP contribution in [0.2, 0.25) is 0 Å². The molecular weight excluding hydrogens is 287 g/mol. The van der Waals surface area contributed by atoms with Crippen LogP contribution in [0.25, 0.3) is 0 Å². The van der Waals surface area contributed by atoms with E-state index < -0.39 is 8.60 Å². The maximum Gasteiger partial charge on any atom is 0.330 e. The van der Waals surface area contributed by atoms with Crippen molar-refractivity contribution < 1.29 is 19.0 Å². The Morgan fingerprint density at radius 2 is 2.05 bits per heavy atom. The normalized spacial score (nSPS) is 17.8. The van der Waals surface area contributed by atoms with Crippen LogP contribution in [-0.4, -0.2) is 16.6 Å². The average molecular weight is 314 g/mol. The van der Waals surface area contributed by atoms with E-state index in [-0.39, 0.29) is 6.79 Å². The Labute approximate surface area is 129 Å². The highest BCUT2D eigenvalue weighted by Gasteiger charge is 2.22. The molecule has 0 aliphatic heterocycles. The van der Waals surface area contributed by atoms with Crippen molar-refractivity contribution in [1.29, 1.82) is 0 Å². The molecule has 0 amide bonds. The molecule has 4 nitrogen and oxygen atoms in total. The lowest BCUT2D eigenvalue weighted by atomic mass is 9.80. The summed E-state index contributed by atoms with van der Waals surface area (Å²) in [6.45, 7) is 9.94. The van der Waals surface area contributed by atoms with Gasteiger partial charge in [0.25, 0.3) is 0 Å². The lowest BCUT2D eigenvalue weighted by molar-refractivity contribution is 0.0520. The van der Waals surface area contributed by atoms with Gasteiger partial charge >= 0.3 is 8.60 Å². The molecule has 1 aliphatic rings. The molecule has 21 heavy (non-hydrogen) atoms. The Balaban J connectivity index is 2.92. The van der Waals surface area contributed by atoms with Crippen LogP contribution < -0.4 is 0 Å². The van der Waals surface area contributed by atoms with E-state index in [2.05, 4.69) is 20.4 Å². The Morgan fingerprint density at radius 1 is 1.38 bits per heavy atom. The summed E-state index contributed by atoms with van der Waals surface area (Å²) < 4.78 is 10.4. The first kappa shape index (κ1) is 18.4. The van der Waals surface area contributed by atoms with E-state index in [4.69, 9.17) is 19.0 Å². The second-order valence-electron chi connectivity index (χ2n) is 5.60. The van der Waals surface area contributed by atoms with Crippen molar-refractivity contribution >= 4 is 8.60 Å². The Kier molecular flexibility index (Phi) is 8.20. The summed E-state index contributed by atoms with van der Waals surface area (Å²) in [5, 5.41) is 0. The van der Waals surface area contributed by atoms with Crippen LogP contribution in [0.4, 0.5) is 0 Å². The Hall–Kier alpha value is -0.670.